The fourth-order valence-corrected chi connectivity index (χ4v) is 4.39. The van der Waals surface area contributed by atoms with E-state index in [4.69, 9.17) is 34.8 Å². The van der Waals surface area contributed by atoms with Crippen molar-refractivity contribution < 1.29 is 14.7 Å². The fourth-order valence-electron chi connectivity index (χ4n) is 3.84. The molecule has 4 nitrogen and oxygen atoms in total. The number of halogens is 3. The van der Waals surface area contributed by atoms with Gasteiger partial charge in [-0.3, -0.25) is 14.5 Å². The van der Waals surface area contributed by atoms with Crippen LogP contribution in [-0.4, -0.2) is 16.8 Å². The number of benzene rings is 3. The summed E-state index contributed by atoms with van der Waals surface area (Å²) in [4.78, 5) is 27.5. The molecule has 0 radical (unpaired) electrons. The van der Waals surface area contributed by atoms with Crippen LogP contribution in [0.2, 0.25) is 15.1 Å². The third kappa shape index (κ3) is 3.72. The SMILES string of the molecule is O=C1C(=O)N(c2cccc(Cl)c2)C(c2ccc(Cl)cc2)C1C(O)c1ccccc1Cl. The minimum atomic E-state index is -1.28. The number of nitrogens with zero attached hydrogens (tertiary/aromatic N) is 1. The number of hydrogen-bond donors (Lipinski definition) is 1. The summed E-state index contributed by atoms with van der Waals surface area (Å²) in [5.74, 6) is -2.46. The Labute approximate surface area is 188 Å². The smallest absolute Gasteiger partial charge is 0.295 e. The van der Waals surface area contributed by atoms with E-state index < -0.39 is 29.8 Å². The fraction of sp³-hybridized carbons (Fsp3) is 0.130. The summed E-state index contributed by atoms with van der Waals surface area (Å²) >= 11 is 18.4. The van der Waals surface area contributed by atoms with Gasteiger partial charge in [0, 0.05) is 20.8 Å². The van der Waals surface area contributed by atoms with Gasteiger partial charge in [0.25, 0.3) is 5.91 Å². The standard InChI is InChI=1S/C23H16Cl3NO3/c24-14-10-8-13(9-11-14)20-19(21(28)17-6-1-2-7-18(17)26)22(29)23(30)27(20)16-5-3-4-15(25)12-16/h1-12,19-21,28H. The topological polar surface area (TPSA) is 57.6 Å². The summed E-state index contributed by atoms with van der Waals surface area (Å²) in [5, 5.41) is 12.4. The molecule has 3 unspecified atom stereocenters. The molecule has 1 N–H and O–H groups in total. The average molecular weight is 461 g/mol. The molecule has 3 aromatic carbocycles. The highest BCUT2D eigenvalue weighted by Crippen LogP contribution is 2.46. The maximum absolute atomic E-state index is 13.1. The summed E-state index contributed by atoms with van der Waals surface area (Å²) in [7, 11) is 0. The maximum atomic E-state index is 13.1. The Morgan fingerprint density at radius 3 is 2.20 bits per heavy atom. The van der Waals surface area contributed by atoms with Gasteiger partial charge in [-0.15, -0.1) is 0 Å². The first-order valence-corrected chi connectivity index (χ1v) is 10.3. The van der Waals surface area contributed by atoms with Crippen molar-refractivity contribution in [1.82, 2.24) is 0 Å². The molecule has 4 rings (SSSR count). The van der Waals surface area contributed by atoms with Gasteiger partial charge in [-0.05, 0) is 47.5 Å². The molecular formula is C23H16Cl3NO3. The molecule has 1 saturated heterocycles. The van der Waals surface area contributed by atoms with E-state index in [9.17, 15) is 14.7 Å². The number of carbonyl (C=O) groups is 2. The summed E-state index contributed by atoms with van der Waals surface area (Å²) < 4.78 is 0. The van der Waals surface area contributed by atoms with E-state index >= 15 is 0 Å². The van der Waals surface area contributed by atoms with Crippen LogP contribution in [0.25, 0.3) is 0 Å². The summed E-state index contributed by atoms with van der Waals surface area (Å²) in [6.07, 6.45) is -1.28. The van der Waals surface area contributed by atoms with Gasteiger partial charge in [0.2, 0.25) is 5.78 Å². The monoisotopic (exact) mass is 459 g/mol. The molecule has 30 heavy (non-hydrogen) atoms. The molecule has 0 saturated carbocycles. The minimum Gasteiger partial charge on any atom is -0.387 e. The number of hydrogen-bond acceptors (Lipinski definition) is 3. The summed E-state index contributed by atoms with van der Waals surface area (Å²) in [6, 6.07) is 19.5. The van der Waals surface area contributed by atoms with Gasteiger partial charge in [0.1, 0.15) is 0 Å². The molecule has 1 heterocycles. The van der Waals surface area contributed by atoms with E-state index in [1.54, 1.807) is 72.8 Å². The zero-order chi connectivity index (χ0) is 21.4. The van der Waals surface area contributed by atoms with Gasteiger partial charge in [0.15, 0.2) is 0 Å². The Bertz CT molecular complexity index is 1120. The number of amides is 1. The number of carbonyl (C=O) groups excluding carboxylic acids is 2. The number of Topliss-reactive ketones (excluding diaryl/α,β-unsaturated/α-hetero) is 1. The van der Waals surface area contributed by atoms with Crippen LogP contribution in [-0.2, 0) is 9.59 Å². The highest BCUT2D eigenvalue weighted by atomic mass is 35.5. The lowest BCUT2D eigenvalue weighted by molar-refractivity contribution is -0.137. The Hall–Kier alpha value is -2.37. The summed E-state index contributed by atoms with van der Waals surface area (Å²) in [5.41, 5.74) is 1.52. The quantitative estimate of drug-likeness (QED) is 0.512. The lowest BCUT2D eigenvalue weighted by atomic mass is 9.85. The molecule has 1 aliphatic rings. The molecule has 3 aromatic rings. The second-order valence-electron chi connectivity index (χ2n) is 7.01. The minimum absolute atomic E-state index is 0.321. The molecule has 0 bridgehead atoms. The second-order valence-corrected chi connectivity index (χ2v) is 8.29. The zero-order valence-corrected chi connectivity index (χ0v) is 17.8. The van der Waals surface area contributed by atoms with E-state index in [0.29, 0.717) is 31.9 Å². The molecule has 1 amide bonds. The van der Waals surface area contributed by atoms with E-state index in [0.717, 1.165) is 0 Å². The Morgan fingerprint density at radius 2 is 1.53 bits per heavy atom. The van der Waals surface area contributed by atoms with Gasteiger partial charge in [-0.25, -0.2) is 0 Å². The van der Waals surface area contributed by atoms with Crippen molar-refractivity contribution in [1.29, 1.82) is 0 Å². The number of ketones is 1. The predicted molar refractivity (Wildman–Crippen MR) is 118 cm³/mol. The van der Waals surface area contributed by atoms with Gasteiger partial charge >= 0.3 is 0 Å². The Morgan fingerprint density at radius 1 is 0.833 bits per heavy atom. The van der Waals surface area contributed by atoms with Crippen LogP contribution < -0.4 is 4.90 Å². The van der Waals surface area contributed by atoms with Crippen molar-refractivity contribution in [3.8, 4) is 0 Å². The molecule has 1 aliphatic heterocycles. The zero-order valence-electron chi connectivity index (χ0n) is 15.5. The Kier molecular flexibility index (Phi) is 5.85. The van der Waals surface area contributed by atoms with Crippen LogP contribution in [0.15, 0.2) is 72.8 Å². The second kappa shape index (κ2) is 8.40. The third-order valence-electron chi connectivity index (χ3n) is 5.21. The van der Waals surface area contributed by atoms with E-state index in [1.807, 2.05) is 0 Å². The molecule has 152 valence electrons. The first-order chi connectivity index (χ1) is 14.4. The van der Waals surface area contributed by atoms with Crippen molar-refractivity contribution in [2.24, 2.45) is 5.92 Å². The predicted octanol–water partition coefficient (Wildman–Crippen LogP) is 5.65. The van der Waals surface area contributed by atoms with Crippen molar-refractivity contribution in [2.45, 2.75) is 12.1 Å². The number of aliphatic hydroxyl groups excluding tert-OH is 1. The number of anilines is 1. The number of rotatable bonds is 4. The van der Waals surface area contributed by atoms with Crippen LogP contribution >= 0.6 is 34.8 Å². The first kappa shape index (κ1) is 20.9. The van der Waals surface area contributed by atoms with Gasteiger partial charge in [0.05, 0.1) is 18.1 Å². The molecule has 3 atom stereocenters. The van der Waals surface area contributed by atoms with Crippen molar-refractivity contribution >= 4 is 52.2 Å². The first-order valence-electron chi connectivity index (χ1n) is 9.19. The van der Waals surface area contributed by atoms with E-state index in [2.05, 4.69) is 0 Å². The molecule has 7 heteroatoms. The molecule has 1 fully saturated rings. The van der Waals surface area contributed by atoms with Crippen LogP contribution in [0.3, 0.4) is 0 Å². The van der Waals surface area contributed by atoms with Gasteiger partial charge in [-0.2, -0.15) is 0 Å². The lowest BCUT2D eigenvalue weighted by Gasteiger charge is -2.30. The van der Waals surface area contributed by atoms with Crippen molar-refractivity contribution in [2.75, 3.05) is 4.90 Å². The largest absolute Gasteiger partial charge is 0.387 e. The van der Waals surface area contributed by atoms with Crippen LogP contribution in [0.4, 0.5) is 5.69 Å². The van der Waals surface area contributed by atoms with Crippen LogP contribution in [0, 0.1) is 5.92 Å². The van der Waals surface area contributed by atoms with Gasteiger partial charge < -0.3 is 5.11 Å². The van der Waals surface area contributed by atoms with E-state index in [1.165, 1.54) is 4.90 Å². The van der Waals surface area contributed by atoms with Gasteiger partial charge in [-0.1, -0.05) is 71.2 Å². The van der Waals surface area contributed by atoms with Crippen molar-refractivity contribution in [3.05, 3.63) is 99.0 Å². The normalized spacial score (nSPS) is 19.9. The van der Waals surface area contributed by atoms with E-state index in [-0.39, 0.29) is 0 Å². The highest BCUT2D eigenvalue weighted by molar-refractivity contribution is 6.45. The average Bonchev–Trinajstić information content (AvgIpc) is 2.99. The lowest BCUT2D eigenvalue weighted by Crippen LogP contribution is -2.30. The molecule has 0 spiro atoms. The molecule has 0 aliphatic carbocycles. The Balaban J connectivity index is 1.87. The van der Waals surface area contributed by atoms with Crippen molar-refractivity contribution in [3.63, 3.8) is 0 Å². The molecular weight excluding hydrogens is 445 g/mol. The number of aliphatic hydroxyl groups is 1. The summed E-state index contributed by atoms with van der Waals surface area (Å²) in [6.45, 7) is 0. The van der Waals surface area contributed by atoms with Crippen LogP contribution in [0.5, 0.6) is 0 Å². The maximum Gasteiger partial charge on any atom is 0.295 e. The van der Waals surface area contributed by atoms with Crippen LogP contribution in [0.1, 0.15) is 23.3 Å². The highest BCUT2D eigenvalue weighted by Gasteiger charge is 2.52. The third-order valence-corrected chi connectivity index (χ3v) is 6.04. The molecule has 0 aromatic heterocycles.